The molecule has 18 heavy (non-hydrogen) atoms. The Kier molecular flexibility index (Phi) is 2.64. The van der Waals surface area contributed by atoms with E-state index in [1.165, 1.54) is 11.1 Å². The van der Waals surface area contributed by atoms with Crippen LogP contribution in [-0.2, 0) is 0 Å². The molecule has 0 amide bonds. The van der Waals surface area contributed by atoms with Gasteiger partial charge in [-0.25, -0.2) is 0 Å². The average Bonchev–Trinajstić information content (AvgIpc) is 2.75. The van der Waals surface area contributed by atoms with Crippen LogP contribution in [0.1, 0.15) is 30.4 Å². The summed E-state index contributed by atoms with van der Waals surface area (Å²) in [5, 5.41) is 22.0. The van der Waals surface area contributed by atoms with Gasteiger partial charge in [0, 0.05) is 17.8 Å². The highest BCUT2D eigenvalue weighted by molar-refractivity contribution is 5.79. The Labute approximate surface area is 106 Å². The van der Waals surface area contributed by atoms with Crippen LogP contribution in [0.4, 0.5) is 0 Å². The summed E-state index contributed by atoms with van der Waals surface area (Å²) in [4.78, 5) is 0. The maximum atomic E-state index is 10.5. The predicted molar refractivity (Wildman–Crippen MR) is 71.7 cm³/mol. The number of nitrogens with one attached hydrogen (secondary N) is 2. The number of nitrogens with zero attached hydrogens (tertiary/aromatic N) is 1. The highest BCUT2D eigenvalue weighted by atomic mass is 16.3. The number of aliphatic hydroxyl groups is 1. The zero-order chi connectivity index (χ0) is 12.8. The van der Waals surface area contributed by atoms with Crippen LogP contribution in [0.2, 0.25) is 0 Å². The van der Waals surface area contributed by atoms with Gasteiger partial charge in [-0.05, 0) is 50.1 Å². The molecule has 1 aromatic heterocycles. The van der Waals surface area contributed by atoms with Gasteiger partial charge in [0.2, 0.25) is 0 Å². The summed E-state index contributed by atoms with van der Waals surface area (Å²) in [6.45, 7) is 5.64. The first-order valence-electron chi connectivity index (χ1n) is 6.45. The molecule has 0 radical (unpaired) electrons. The van der Waals surface area contributed by atoms with E-state index in [1.54, 1.807) is 0 Å². The van der Waals surface area contributed by atoms with Gasteiger partial charge in [0.15, 0.2) is 0 Å². The number of hydrogen-bond donors (Lipinski definition) is 3. The molecule has 0 bridgehead atoms. The summed E-state index contributed by atoms with van der Waals surface area (Å²) in [6.07, 6.45) is 2.81. The maximum absolute atomic E-state index is 10.5. The van der Waals surface area contributed by atoms with Gasteiger partial charge in [-0.3, -0.25) is 5.10 Å². The third kappa shape index (κ3) is 1.82. The molecule has 96 valence electrons. The van der Waals surface area contributed by atoms with Crippen LogP contribution in [-0.4, -0.2) is 34.0 Å². The van der Waals surface area contributed by atoms with E-state index in [0.29, 0.717) is 6.54 Å². The Morgan fingerprint density at radius 2 is 2.28 bits per heavy atom. The molecule has 3 N–H and O–H groups in total. The molecule has 1 aliphatic rings. The predicted octanol–water partition coefficient (Wildman–Crippen LogP) is 1.70. The number of aromatic nitrogens is 2. The van der Waals surface area contributed by atoms with Crippen LogP contribution in [0.25, 0.3) is 10.9 Å². The third-order valence-corrected chi connectivity index (χ3v) is 4.05. The second kappa shape index (κ2) is 4.07. The SMILES string of the molecule is Cc1cc2cn[nH]c2cc1C1CCNCC1(C)O. The number of β-amino-alcohol motifs (C(OH)–C–C–N with tert-alkyl or cyclic N) is 1. The van der Waals surface area contributed by atoms with Crippen molar-refractivity contribution in [2.24, 2.45) is 0 Å². The van der Waals surface area contributed by atoms with Gasteiger partial charge in [0.25, 0.3) is 0 Å². The Balaban J connectivity index is 2.09. The fourth-order valence-corrected chi connectivity index (χ4v) is 3.01. The number of rotatable bonds is 1. The summed E-state index contributed by atoms with van der Waals surface area (Å²) >= 11 is 0. The zero-order valence-electron chi connectivity index (χ0n) is 10.8. The standard InChI is InChI=1S/C14H19N3O/c1-9-5-10-7-16-17-13(10)6-11(9)12-3-4-15-8-14(12,2)18/h5-7,12,15,18H,3-4,8H2,1-2H3,(H,16,17). The molecule has 4 nitrogen and oxygen atoms in total. The number of piperidine rings is 1. The number of hydrogen-bond acceptors (Lipinski definition) is 3. The summed E-state index contributed by atoms with van der Waals surface area (Å²) in [5.41, 5.74) is 2.83. The third-order valence-electron chi connectivity index (χ3n) is 4.05. The molecule has 0 spiro atoms. The smallest absolute Gasteiger partial charge is 0.0812 e. The fraction of sp³-hybridized carbons (Fsp3) is 0.500. The van der Waals surface area contributed by atoms with Gasteiger partial charge in [0.1, 0.15) is 0 Å². The molecule has 2 aromatic rings. The van der Waals surface area contributed by atoms with Crippen molar-refractivity contribution in [2.45, 2.75) is 31.8 Å². The number of H-pyrrole nitrogens is 1. The van der Waals surface area contributed by atoms with Gasteiger partial charge >= 0.3 is 0 Å². The molecule has 2 unspecified atom stereocenters. The molecule has 4 heteroatoms. The molecule has 1 aliphatic heterocycles. The van der Waals surface area contributed by atoms with Crippen LogP contribution in [0.3, 0.4) is 0 Å². The van der Waals surface area contributed by atoms with Crippen LogP contribution < -0.4 is 5.32 Å². The van der Waals surface area contributed by atoms with Gasteiger partial charge in [-0.2, -0.15) is 5.10 Å². The fourth-order valence-electron chi connectivity index (χ4n) is 3.01. The number of fused-ring (bicyclic) bond motifs is 1. The Hall–Kier alpha value is -1.39. The lowest BCUT2D eigenvalue weighted by Gasteiger charge is -2.38. The molecular weight excluding hydrogens is 226 g/mol. The van der Waals surface area contributed by atoms with E-state index in [9.17, 15) is 5.11 Å². The lowest BCUT2D eigenvalue weighted by molar-refractivity contribution is 0.0130. The van der Waals surface area contributed by atoms with E-state index >= 15 is 0 Å². The first kappa shape index (κ1) is 11.7. The molecule has 0 aliphatic carbocycles. The molecule has 1 saturated heterocycles. The summed E-state index contributed by atoms with van der Waals surface area (Å²) in [6, 6.07) is 4.29. The molecule has 3 rings (SSSR count). The summed E-state index contributed by atoms with van der Waals surface area (Å²) in [7, 11) is 0. The first-order valence-corrected chi connectivity index (χ1v) is 6.45. The number of aromatic amines is 1. The molecule has 1 fully saturated rings. The van der Waals surface area contributed by atoms with E-state index < -0.39 is 5.60 Å². The van der Waals surface area contributed by atoms with Crippen molar-refractivity contribution >= 4 is 10.9 Å². The van der Waals surface area contributed by atoms with E-state index in [2.05, 4.69) is 34.6 Å². The van der Waals surface area contributed by atoms with Gasteiger partial charge in [-0.1, -0.05) is 0 Å². The second-order valence-electron chi connectivity index (χ2n) is 5.54. The molecular formula is C14H19N3O. The molecule has 1 aromatic carbocycles. The maximum Gasteiger partial charge on any atom is 0.0812 e. The molecule has 0 saturated carbocycles. The van der Waals surface area contributed by atoms with Crippen molar-refractivity contribution in [1.82, 2.24) is 15.5 Å². The van der Waals surface area contributed by atoms with Crippen molar-refractivity contribution < 1.29 is 5.11 Å². The lowest BCUT2D eigenvalue weighted by atomic mass is 9.77. The van der Waals surface area contributed by atoms with Gasteiger partial charge in [0.05, 0.1) is 17.3 Å². The summed E-state index contributed by atoms with van der Waals surface area (Å²) < 4.78 is 0. The van der Waals surface area contributed by atoms with Crippen LogP contribution in [0, 0.1) is 6.92 Å². The van der Waals surface area contributed by atoms with E-state index in [0.717, 1.165) is 23.9 Å². The topological polar surface area (TPSA) is 60.9 Å². The van der Waals surface area contributed by atoms with Crippen molar-refractivity contribution in [3.8, 4) is 0 Å². The normalized spacial score (nSPS) is 28.7. The minimum atomic E-state index is -0.684. The largest absolute Gasteiger partial charge is 0.388 e. The average molecular weight is 245 g/mol. The van der Waals surface area contributed by atoms with Crippen LogP contribution in [0.5, 0.6) is 0 Å². The van der Waals surface area contributed by atoms with Crippen LogP contribution in [0.15, 0.2) is 18.3 Å². The quantitative estimate of drug-likeness (QED) is 0.716. The lowest BCUT2D eigenvalue weighted by Crippen LogP contribution is -2.48. The minimum Gasteiger partial charge on any atom is -0.388 e. The number of aryl methyl sites for hydroxylation is 1. The Bertz CT molecular complexity index is 573. The monoisotopic (exact) mass is 245 g/mol. The number of benzene rings is 1. The highest BCUT2D eigenvalue weighted by Crippen LogP contribution is 2.36. The van der Waals surface area contributed by atoms with Gasteiger partial charge < -0.3 is 10.4 Å². The Morgan fingerprint density at radius 3 is 3.06 bits per heavy atom. The van der Waals surface area contributed by atoms with Crippen LogP contribution >= 0.6 is 0 Å². The first-order chi connectivity index (χ1) is 8.58. The minimum absolute atomic E-state index is 0.187. The van der Waals surface area contributed by atoms with E-state index in [-0.39, 0.29) is 5.92 Å². The second-order valence-corrected chi connectivity index (χ2v) is 5.54. The van der Waals surface area contributed by atoms with Crippen molar-refractivity contribution in [1.29, 1.82) is 0 Å². The van der Waals surface area contributed by atoms with E-state index in [4.69, 9.17) is 0 Å². The van der Waals surface area contributed by atoms with Crippen molar-refractivity contribution in [3.63, 3.8) is 0 Å². The Morgan fingerprint density at radius 1 is 1.44 bits per heavy atom. The van der Waals surface area contributed by atoms with Gasteiger partial charge in [-0.15, -0.1) is 0 Å². The molecule has 2 heterocycles. The molecule has 2 atom stereocenters. The van der Waals surface area contributed by atoms with E-state index in [1.807, 2.05) is 13.1 Å². The highest BCUT2D eigenvalue weighted by Gasteiger charge is 2.36. The van der Waals surface area contributed by atoms with Crippen molar-refractivity contribution in [2.75, 3.05) is 13.1 Å². The zero-order valence-corrected chi connectivity index (χ0v) is 10.8. The summed E-state index contributed by atoms with van der Waals surface area (Å²) in [5.74, 6) is 0.187. The van der Waals surface area contributed by atoms with Crippen molar-refractivity contribution in [3.05, 3.63) is 29.5 Å².